The van der Waals surface area contributed by atoms with Gasteiger partial charge >= 0.3 is 0 Å². The van der Waals surface area contributed by atoms with Gasteiger partial charge in [-0.2, -0.15) is 0 Å². The summed E-state index contributed by atoms with van der Waals surface area (Å²) in [6, 6.07) is 3.51. The van der Waals surface area contributed by atoms with E-state index in [0.29, 0.717) is 5.15 Å². The molecule has 0 aliphatic rings. The molecule has 0 bridgehead atoms. The molecular weight excluding hydrogens is 174 g/mol. The molecule has 0 amide bonds. The monoisotopic (exact) mass is 183 g/mol. The molecule has 0 saturated heterocycles. The first-order valence-corrected chi connectivity index (χ1v) is 4.11. The number of carbonyl (C=O) groups excluding carboxylic acids is 1. The Labute approximate surface area is 76.6 Å². The molecule has 1 atom stereocenters. The van der Waals surface area contributed by atoms with E-state index in [1.54, 1.807) is 19.2 Å². The highest BCUT2D eigenvalue weighted by atomic mass is 35.5. The summed E-state index contributed by atoms with van der Waals surface area (Å²) < 4.78 is 0. The molecule has 0 aliphatic heterocycles. The zero-order valence-corrected chi connectivity index (χ0v) is 7.80. The maximum Gasteiger partial charge on any atom is 0.137 e. The van der Waals surface area contributed by atoms with Crippen molar-refractivity contribution in [2.24, 2.45) is 0 Å². The van der Waals surface area contributed by atoms with Crippen LogP contribution in [0.15, 0.2) is 18.3 Å². The van der Waals surface area contributed by atoms with Gasteiger partial charge in [-0.1, -0.05) is 24.6 Å². The van der Waals surface area contributed by atoms with E-state index in [2.05, 4.69) is 4.98 Å². The van der Waals surface area contributed by atoms with Gasteiger partial charge in [0.25, 0.3) is 0 Å². The molecule has 1 rings (SSSR count). The van der Waals surface area contributed by atoms with E-state index in [1.165, 1.54) is 0 Å². The van der Waals surface area contributed by atoms with Gasteiger partial charge in [-0.05, 0) is 18.6 Å². The Kier molecular flexibility index (Phi) is 2.82. The maximum absolute atomic E-state index is 11.0. The number of hydrogen-bond donors (Lipinski definition) is 0. The van der Waals surface area contributed by atoms with Crippen molar-refractivity contribution < 1.29 is 4.79 Å². The van der Waals surface area contributed by atoms with E-state index in [1.807, 2.05) is 13.0 Å². The van der Waals surface area contributed by atoms with E-state index in [4.69, 9.17) is 11.6 Å². The Balaban J connectivity index is 2.89. The van der Waals surface area contributed by atoms with Crippen molar-refractivity contribution in [2.45, 2.75) is 19.8 Å². The summed E-state index contributed by atoms with van der Waals surface area (Å²) in [5, 5.41) is 0.453. The summed E-state index contributed by atoms with van der Waals surface area (Å²) in [7, 11) is 0. The third-order valence-electron chi connectivity index (χ3n) is 1.86. The van der Waals surface area contributed by atoms with Crippen LogP contribution < -0.4 is 0 Å². The average Bonchev–Trinajstić information content (AvgIpc) is 2.04. The lowest BCUT2D eigenvalue weighted by atomic mass is 10.00. The lowest BCUT2D eigenvalue weighted by molar-refractivity contribution is -0.118. The summed E-state index contributed by atoms with van der Waals surface area (Å²) in [6.45, 7) is 3.42. The Hall–Kier alpha value is -0.890. The van der Waals surface area contributed by atoms with Crippen LogP contribution in [0, 0.1) is 0 Å². The van der Waals surface area contributed by atoms with Crippen molar-refractivity contribution in [3.8, 4) is 0 Å². The highest BCUT2D eigenvalue weighted by molar-refractivity contribution is 6.29. The summed E-state index contributed by atoms with van der Waals surface area (Å²) in [6.07, 6.45) is 1.63. The summed E-state index contributed by atoms with van der Waals surface area (Å²) in [5.41, 5.74) is 0.909. The zero-order valence-electron chi connectivity index (χ0n) is 7.04. The number of ketones is 1. The summed E-state index contributed by atoms with van der Waals surface area (Å²) >= 11 is 5.60. The van der Waals surface area contributed by atoms with Crippen LogP contribution in [0.3, 0.4) is 0 Å². The molecule has 3 heteroatoms. The van der Waals surface area contributed by atoms with Gasteiger partial charge in [0, 0.05) is 12.1 Å². The summed E-state index contributed by atoms with van der Waals surface area (Å²) in [4.78, 5) is 14.9. The number of Topliss-reactive ketones (excluding diaryl/α,β-unsaturated/α-hetero) is 1. The SMILES string of the molecule is CC(=O)C(C)c1ccc(Cl)nc1. The fraction of sp³-hybridized carbons (Fsp3) is 0.333. The minimum Gasteiger partial charge on any atom is -0.299 e. The third kappa shape index (κ3) is 2.05. The molecule has 64 valence electrons. The van der Waals surface area contributed by atoms with Crippen LogP contribution >= 0.6 is 11.6 Å². The van der Waals surface area contributed by atoms with E-state index < -0.39 is 0 Å². The van der Waals surface area contributed by atoms with Gasteiger partial charge in [-0.3, -0.25) is 4.79 Å². The maximum atomic E-state index is 11.0. The second kappa shape index (κ2) is 3.68. The van der Waals surface area contributed by atoms with Crippen molar-refractivity contribution in [2.75, 3.05) is 0 Å². The number of rotatable bonds is 2. The van der Waals surface area contributed by atoms with Gasteiger partial charge in [-0.25, -0.2) is 4.98 Å². The number of hydrogen-bond acceptors (Lipinski definition) is 2. The number of nitrogens with zero attached hydrogens (tertiary/aromatic N) is 1. The van der Waals surface area contributed by atoms with Crippen molar-refractivity contribution in [3.05, 3.63) is 29.0 Å². The molecule has 1 heterocycles. The second-order valence-corrected chi connectivity index (χ2v) is 3.13. The quantitative estimate of drug-likeness (QED) is 0.660. The molecule has 2 nitrogen and oxygen atoms in total. The molecule has 1 aromatic rings. The minimum atomic E-state index is -0.0882. The lowest BCUT2D eigenvalue weighted by Gasteiger charge is -2.05. The number of aromatic nitrogens is 1. The topological polar surface area (TPSA) is 30.0 Å². The molecule has 0 N–H and O–H groups in total. The predicted octanol–water partition coefficient (Wildman–Crippen LogP) is 2.43. The third-order valence-corrected chi connectivity index (χ3v) is 2.08. The van der Waals surface area contributed by atoms with E-state index >= 15 is 0 Å². The van der Waals surface area contributed by atoms with Gasteiger partial charge in [0.05, 0.1) is 0 Å². The van der Waals surface area contributed by atoms with Gasteiger partial charge < -0.3 is 0 Å². The van der Waals surface area contributed by atoms with Crippen LogP contribution in [0.5, 0.6) is 0 Å². The van der Waals surface area contributed by atoms with Gasteiger partial charge in [0.1, 0.15) is 10.9 Å². The molecule has 0 aromatic carbocycles. The van der Waals surface area contributed by atoms with E-state index in [0.717, 1.165) is 5.56 Å². The van der Waals surface area contributed by atoms with Crippen LogP contribution in [-0.2, 0) is 4.79 Å². The summed E-state index contributed by atoms with van der Waals surface area (Å²) in [5.74, 6) is 0.0499. The molecule has 1 aromatic heterocycles. The standard InChI is InChI=1S/C9H10ClNO/c1-6(7(2)12)8-3-4-9(10)11-5-8/h3-6H,1-2H3. The van der Waals surface area contributed by atoms with Crippen LogP contribution in [0.2, 0.25) is 5.15 Å². The first-order valence-electron chi connectivity index (χ1n) is 3.73. The Morgan fingerprint density at radius 2 is 2.25 bits per heavy atom. The number of halogens is 1. The van der Waals surface area contributed by atoms with Crippen LogP contribution in [-0.4, -0.2) is 10.8 Å². The van der Waals surface area contributed by atoms with Crippen molar-refractivity contribution in [1.29, 1.82) is 0 Å². The Bertz CT molecular complexity index is 281. The molecular formula is C9H10ClNO. The predicted molar refractivity (Wildman–Crippen MR) is 48.3 cm³/mol. The highest BCUT2D eigenvalue weighted by Crippen LogP contribution is 2.16. The highest BCUT2D eigenvalue weighted by Gasteiger charge is 2.09. The van der Waals surface area contributed by atoms with Gasteiger partial charge in [0.15, 0.2) is 0 Å². The molecule has 12 heavy (non-hydrogen) atoms. The molecule has 0 spiro atoms. The van der Waals surface area contributed by atoms with Gasteiger partial charge in [0.2, 0.25) is 0 Å². The molecule has 0 radical (unpaired) electrons. The smallest absolute Gasteiger partial charge is 0.137 e. The second-order valence-electron chi connectivity index (χ2n) is 2.75. The normalized spacial score (nSPS) is 12.6. The number of carbonyl (C=O) groups is 1. The van der Waals surface area contributed by atoms with Crippen LogP contribution in [0.25, 0.3) is 0 Å². The zero-order chi connectivity index (χ0) is 9.14. The van der Waals surface area contributed by atoms with E-state index in [-0.39, 0.29) is 11.7 Å². The fourth-order valence-electron chi connectivity index (χ4n) is 0.878. The molecule has 1 unspecified atom stereocenters. The molecule has 0 fully saturated rings. The fourth-order valence-corrected chi connectivity index (χ4v) is 0.990. The first kappa shape index (κ1) is 9.20. The van der Waals surface area contributed by atoms with Crippen molar-refractivity contribution in [1.82, 2.24) is 4.98 Å². The van der Waals surface area contributed by atoms with Crippen LogP contribution in [0.1, 0.15) is 25.3 Å². The number of pyridine rings is 1. The van der Waals surface area contributed by atoms with Crippen molar-refractivity contribution >= 4 is 17.4 Å². The Morgan fingerprint density at radius 3 is 2.67 bits per heavy atom. The van der Waals surface area contributed by atoms with Gasteiger partial charge in [-0.15, -0.1) is 0 Å². The minimum absolute atomic E-state index is 0.0882. The largest absolute Gasteiger partial charge is 0.299 e. The lowest BCUT2D eigenvalue weighted by Crippen LogP contribution is -2.04. The van der Waals surface area contributed by atoms with E-state index in [9.17, 15) is 4.79 Å². The average molecular weight is 184 g/mol. The molecule has 0 saturated carbocycles. The van der Waals surface area contributed by atoms with Crippen molar-refractivity contribution in [3.63, 3.8) is 0 Å². The van der Waals surface area contributed by atoms with Crippen LogP contribution in [0.4, 0.5) is 0 Å². The first-order chi connectivity index (χ1) is 5.61. The molecule has 0 aliphatic carbocycles. The Morgan fingerprint density at radius 1 is 1.58 bits per heavy atom.